The quantitative estimate of drug-likeness (QED) is 0.873. The number of ether oxygens (including phenoxy) is 1. The molecule has 98 valence electrons. The molecule has 2 atom stereocenters. The van der Waals surface area contributed by atoms with Crippen LogP contribution in [0.1, 0.15) is 49.7 Å². The van der Waals surface area contributed by atoms with Crippen molar-refractivity contribution >= 4 is 5.78 Å². The summed E-state index contributed by atoms with van der Waals surface area (Å²) in [5, 5.41) is 3.53. The Kier molecular flexibility index (Phi) is 3.20. The minimum absolute atomic E-state index is 0.0312. The van der Waals surface area contributed by atoms with Crippen molar-refractivity contribution in [1.29, 1.82) is 0 Å². The van der Waals surface area contributed by atoms with Gasteiger partial charge in [-0.3, -0.25) is 4.79 Å². The summed E-state index contributed by atoms with van der Waals surface area (Å²) in [6.07, 6.45) is 0. The highest BCUT2D eigenvalue weighted by Gasteiger charge is 2.40. The third-order valence-corrected chi connectivity index (χ3v) is 3.36. The van der Waals surface area contributed by atoms with Gasteiger partial charge in [-0.1, -0.05) is 19.1 Å². The molecule has 0 heterocycles. The van der Waals surface area contributed by atoms with Crippen LogP contribution in [0.4, 0.5) is 0 Å². The summed E-state index contributed by atoms with van der Waals surface area (Å²) >= 11 is 0. The van der Waals surface area contributed by atoms with E-state index < -0.39 is 0 Å². The van der Waals surface area contributed by atoms with Gasteiger partial charge in [0.05, 0.1) is 7.11 Å². The molecule has 2 rings (SSSR count). The number of rotatable bonds is 2. The average molecular weight is 247 g/mol. The monoisotopic (exact) mass is 247 g/mol. The van der Waals surface area contributed by atoms with Crippen LogP contribution in [0, 0.1) is 5.92 Å². The maximum Gasteiger partial charge on any atom is 0.168 e. The molecule has 2 unspecified atom stereocenters. The van der Waals surface area contributed by atoms with Crippen molar-refractivity contribution in [3.8, 4) is 5.75 Å². The van der Waals surface area contributed by atoms with E-state index in [0.717, 1.165) is 16.9 Å². The summed E-state index contributed by atoms with van der Waals surface area (Å²) in [4.78, 5) is 12.3. The lowest BCUT2D eigenvalue weighted by Gasteiger charge is -2.29. The third kappa shape index (κ3) is 2.15. The van der Waals surface area contributed by atoms with Crippen LogP contribution in [-0.2, 0) is 0 Å². The van der Waals surface area contributed by atoms with E-state index in [4.69, 9.17) is 4.74 Å². The van der Waals surface area contributed by atoms with Crippen molar-refractivity contribution in [2.24, 2.45) is 5.92 Å². The molecule has 1 aliphatic carbocycles. The van der Waals surface area contributed by atoms with Gasteiger partial charge >= 0.3 is 0 Å². The normalized spacial score (nSPS) is 23.1. The minimum atomic E-state index is -0.0458. The number of carbonyl (C=O) groups excluding carboxylic acids is 1. The molecule has 1 aromatic carbocycles. The average Bonchev–Trinajstić information content (AvgIpc) is 2.53. The van der Waals surface area contributed by atoms with E-state index >= 15 is 0 Å². The van der Waals surface area contributed by atoms with Crippen LogP contribution in [-0.4, -0.2) is 18.4 Å². The van der Waals surface area contributed by atoms with Crippen LogP contribution in [0.2, 0.25) is 0 Å². The molecular formula is C15H21NO2. The molecule has 3 heteroatoms. The molecule has 3 nitrogen and oxygen atoms in total. The number of carbonyl (C=O) groups is 1. The van der Waals surface area contributed by atoms with E-state index in [-0.39, 0.29) is 23.3 Å². The van der Waals surface area contributed by atoms with Gasteiger partial charge in [-0.15, -0.1) is 0 Å². The Hall–Kier alpha value is -1.35. The van der Waals surface area contributed by atoms with Crippen molar-refractivity contribution in [2.45, 2.75) is 39.3 Å². The van der Waals surface area contributed by atoms with Crippen molar-refractivity contribution < 1.29 is 9.53 Å². The zero-order valence-corrected chi connectivity index (χ0v) is 11.7. The summed E-state index contributed by atoms with van der Waals surface area (Å²) in [6, 6.07) is 5.72. The van der Waals surface area contributed by atoms with Crippen molar-refractivity contribution in [1.82, 2.24) is 5.32 Å². The second-order valence-electron chi connectivity index (χ2n) is 5.95. The topological polar surface area (TPSA) is 38.3 Å². The molecular weight excluding hydrogens is 226 g/mol. The van der Waals surface area contributed by atoms with Crippen molar-refractivity contribution in [2.75, 3.05) is 7.11 Å². The molecule has 1 N–H and O–H groups in total. The standard InChI is InChI=1S/C15H21NO2/c1-9-13(16-15(2,3)4)12-10(14(9)17)7-6-8-11(12)18-5/h6-9,13,16H,1-5H3. The molecule has 0 radical (unpaired) electrons. The van der Waals surface area contributed by atoms with E-state index in [2.05, 4.69) is 26.1 Å². The van der Waals surface area contributed by atoms with Crippen LogP contribution in [0.3, 0.4) is 0 Å². The molecule has 0 saturated carbocycles. The zero-order valence-electron chi connectivity index (χ0n) is 11.7. The van der Waals surface area contributed by atoms with Crippen LogP contribution in [0.5, 0.6) is 5.75 Å². The minimum Gasteiger partial charge on any atom is -0.496 e. The first-order valence-corrected chi connectivity index (χ1v) is 6.34. The summed E-state index contributed by atoms with van der Waals surface area (Å²) in [5.74, 6) is 0.952. The molecule has 0 saturated heterocycles. The molecule has 0 amide bonds. The van der Waals surface area contributed by atoms with E-state index in [1.165, 1.54) is 0 Å². The third-order valence-electron chi connectivity index (χ3n) is 3.36. The summed E-state index contributed by atoms with van der Waals surface area (Å²) < 4.78 is 5.41. The Labute approximate surface area is 109 Å². The molecule has 0 bridgehead atoms. The molecule has 0 spiro atoms. The first-order valence-electron chi connectivity index (χ1n) is 6.34. The number of nitrogens with one attached hydrogen (secondary N) is 1. The van der Waals surface area contributed by atoms with Crippen molar-refractivity contribution in [3.05, 3.63) is 29.3 Å². The lowest BCUT2D eigenvalue weighted by molar-refractivity contribution is 0.0920. The smallest absolute Gasteiger partial charge is 0.168 e. The Bertz CT molecular complexity index is 474. The van der Waals surface area contributed by atoms with Gasteiger partial charge in [0.15, 0.2) is 5.78 Å². The first kappa shape index (κ1) is 13.1. The fourth-order valence-electron chi connectivity index (χ4n) is 2.57. The SMILES string of the molecule is COc1cccc2c1C(NC(C)(C)C)C(C)C2=O. The molecule has 0 aromatic heterocycles. The van der Waals surface area contributed by atoms with Crippen molar-refractivity contribution in [3.63, 3.8) is 0 Å². The van der Waals surface area contributed by atoms with Gasteiger partial charge in [0.25, 0.3) is 0 Å². The van der Waals surface area contributed by atoms with Gasteiger partial charge in [0.1, 0.15) is 5.75 Å². The predicted molar refractivity (Wildman–Crippen MR) is 72.1 cm³/mol. The van der Waals surface area contributed by atoms with E-state index in [0.29, 0.717) is 0 Å². The number of hydrogen-bond donors (Lipinski definition) is 1. The number of fused-ring (bicyclic) bond motifs is 1. The number of methoxy groups -OCH3 is 1. The largest absolute Gasteiger partial charge is 0.496 e. The summed E-state index contributed by atoms with van der Waals surface area (Å²) in [7, 11) is 1.65. The van der Waals surface area contributed by atoms with Crippen LogP contribution < -0.4 is 10.1 Å². The van der Waals surface area contributed by atoms with E-state index in [9.17, 15) is 4.79 Å². The Balaban J connectivity index is 2.49. The van der Waals surface area contributed by atoms with Gasteiger partial charge in [0.2, 0.25) is 0 Å². The highest BCUT2D eigenvalue weighted by atomic mass is 16.5. The lowest BCUT2D eigenvalue weighted by Crippen LogP contribution is -2.40. The number of ketones is 1. The maximum atomic E-state index is 12.3. The highest BCUT2D eigenvalue weighted by molar-refractivity contribution is 6.03. The molecule has 1 aromatic rings. The van der Waals surface area contributed by atoms with Gasteiger partial charge in [-0.05, 0) is 26.8 Å². The number of hydrogen-bond acceptors (Lipinski definition) is 3. The fraction of sp³-hybridized carbons (Fsp3) is 0.533. The fourth-order valence-corrected chi connectivity index (χ4v) is 2.57. The Morgan fingerprint density at radius 2 is 1.94 bits per heavy atom. The predicted octanol–water partition coefficient (Wildman–Crippen LogP) is 2.96. The number of benzene rings is 1. The Morgan fingerprint density at radius 1 is 1.28 bits per heavy atom. The van der Waals surface area contributed by atoms with Gasteiger partial charge in [-0.25, -0.2) is 0 Å². The first-order chi connectivity index (χ1) is 8.35. The Morgan fingerprint density at radius 3 is 2.50 bits per heavy atom. The number of Topliss-reactive ketones (excluding diaryl/α,β-unsaturated/α-hetero) is 1. The lowest BCUT2D eigenvalue weighted by atomic mass is 9.97. The van der Waals surface area contributed by atoms with Crippen LogP contribution in [0.15, 0.2) is 18.2 Å². The zero-order chi connectivity index (χ0) is 13.5. The second-order valence-corrected chi connectivity index (χ2v) is 5.95. The van der Waals surface area contributed by atoms with Gasteiger partial charge < -0.3 is 10.1 Å². The molecule has 0 fully saturated rings. The van der Waals surface area contributed by atoms with Gasteiger partial charge in [-0.2, -0.15) is 0 Å². The highest BCUT2D eigenvalue weighted by Crippen LogP contribution is 2.42. The van der Waals surface area contributed by atoms with Crippen LogP contribution in [0.25, 0.3) is 0 Å². The molecule has 1 aliphatic rings. The van der Waals surface area contributed by atoms with E-state index in [1.807, 2.05) is 25.1 Å². The molecule has 18 heavy (non-hydrogen) atoms. The maximum absolute atomic E-state index is 12.3. The summed E-state index contributed by atoms with van der Waals surface area (Å²) in [6.45, 7) is 8.30. The molecule has 0 aliphatic heterocycles. The van der Waals surface area contributed by atoms with Gasteiger partial charge in [0, 0.05) is 28.6 Å². The van der Waals surface area contributed by atoms with Crippen LogP contribution >= 0.6 is 0 Å². The van der Waals surface area contributed by atoms with E-state index in [1.54, 1.807) is 7.11 Å². The second kappa shape index (κ2) is 4.39. The summed E-state index contributed by atoms with van der Waals surface area (Å²) in [5.41, 5.74) is 1.76.